The number of anilines is 1. The third-order valence-corrected chi connectivity index (χ3v) is 3.32. The van der Waals surface area contributed by atoms with E-state index in [9.17, 15) is 0 Å². The van der Waals surface area contributed by atoms with E-state index < -0.39 is 0 Å². The van der Waals surface area contributed by atoms with Gasteiger partial charge in [0.05, 0.1) is 17.2 Å². The van der Waals surface area contributed by atoms with E-state index in [4.69, 9.17) is 4.98 Å². The normalized spacial score (nSPS) is 24.4. The van der Waals surface area contributed by atoms with Crippen molar-refractivity contribution in [1.82, 2.24) is 15.3 Å². The molecule has 0 radical (unpaired) electrons. The molecule has 1 aromatic heterocycles. The molecule has 4 nitrogen and oxygen atoms in total. The highest BCUT2D eigenvalue weighted by molar-refractivity contribution is 5.75. The fourth-order valence-corrected chi connectivity index (χ4v) is 2.61. The van der Waals surface area contributed by atoms with Crippen LogP contribution in [0.4, 0.5) is 5.82 Å². The summed E-state index contributed by atoms with van der Waals surface area (Å²) in [6.45, 7) is 6.38. The van der Waals surface area contributed by atoms with Crippen LogP contribution in [0.2, 0.25) is 0 Å². The Bertz CT molecular complexity index is 544. The molecule has 1 N–H and O–H groups in total. The average molecular weight is 242 g/mol. The minimum Gasteiger partial charge on any atom is -0.352 e. The van der Waals surface area contributed by atoms with E-state index in [-0.39, 0.29) is 0 Å². The lowest BCUT2D eigenvalue weighted by atomic mass is 10.1. The maximum Gasteiger partial charge on any atom is 0.147 e. The van der Waals surface area contributed by atoms with Gasteiger partial charge in [0, 0.05) is 25.2 Å². The Morgan fingerprint density at radius 3 is 2.50 bits per heavy atom. The second-order valence-corrected chi connectivity index (χ2v) is 5.09. The summed E-state index contributed by atoms with van der Waals surface area (Å²) in [6.07, 6.45) is 1.88. The summed E-state index contributed by atoms with van der Waals surface area (Å²) < 4.78 is 0. The SMILES string of the molecule is CC1CN(c2cnc3ccccc3n2)CC(C)N1. The van der Waals surface area contributed by atoms with Crippen molar-refractivity contribution in [3.63, 3.8) is 0 Å². The van der Waals surface area contributed by atoms with Gasteiger partial charge in [-0.05, 0) is 26.0 Å². The molecule has 0 saturated carbocycles. The van der Waals surface area contributed by atoms with Gasteiger partial charge in [-0.15, -0.1) is 0 Å². The first-order valence-corrected chi connectivity index (χ1v) is 6.45. The summed E-state index contributed by atoms with van der Waals surface area (Å²) in [5.41, 5.74) is 1.92. The Hall–Kier alpha value is -1.68. The molecule has 0 bridgehead atoms. The van der Waals surface area contributed by atoms with Crippen LogP contribution in [0.3, 0.4) is 0 Å². The Balaban J connectivity index is 1.93. The number of benzene rings is 1. The monoisotopic (exact) mass is 242 g/mol. The molecule has 18 heavy (non-hydrogen) atoms. The predicted molar refractivity (Wildman–Crippen MR) is 73.8 cm³/mol. The summed E-state index contributed by atoms with van der Waals surface area (Å²) in [5.74, 6) is 0.980. The average Bonchev–Trinajstić information content (AvgIpc) is 2.37. The highest BCUT2D eigenvalue weighted by Crippen LogP contribution is 2.17. The molecular weight excluding hydrogens is 224 g/mol. The Morgan fingerprint density at radius 1 is 1.11 bits per heavy atom. The topological polar surface area (TPSA) is 41.1 Å². The van der Waals surface area contributed by atoms with Gasteiger partial charge in [0.25, 0.3) is 0 Å². The van der Waals surface area contributed by atoms with E-state index in [2.05, 4.69) is 29.0 Å². The molecule has 0 aliphatic carbocycles. The van der Waals surface area contributed by atoms with Crippen LogP contribution in [0.25, 0.3) is 11.0 Å². The third kappa shape index (κ3) is 2.16. The number of aromatic nitrogens is 2. The molecule has 1 aliphatic heterocycles. The van der Waals surface area contributed by atoms with Gasteiger partial charge in [-0.2, -0.15) is 0 Å². The van der Waals surface area contributed by atoms with Gasteiger partial charge in [-0.3, -0.25) is 4.98 Å². The fraction of sp³-hybridized carbons (Fsp3) is 0.429. The van der Waals surface area contributed by atoms with Crippen molar-refractivity contribution in [3.05, 3.63) is 30.5 Å². The van der Waals surface area contributed by atoms with Crippen molar-refractivity contribution in [2.45, 2.75) is 25.9 Å². The van der Waals surface area contributed by atoms with Gasteiger partial charge in [-0.25, -0.2) is 4.98 Å². The quantitative estimate of drug-likeness (QED) is 0.828. The first-order valence-electron chi connectivity index (χ1n) is 6.45. The second kappa shape index (κ2) is 4.53. The number of nitrogens with one attached hydrogen (secondary N) is 1. The maximum atomic E-state index is 4.70. The zero-order valence-electron chi connectivity index (χ0n) is 10.8. The van der Waals surface area contributed by atoms with Gasteiger partial charge in [-0.1, -0.05) is 12.1 Å². The molecule has 94 valence electrons. The van der Waals surface area contributed by atoms with Crippen LogP contribution >= 0.6 is 0 Å². The standard InChI is InChI=1S/C14H18N4/c1-10-8-18(9-11(2)16-10)14-7-15-12-5-3-4-6-13(12)17-14/h3-7,10-11,16H,8-9H2,1-2H3. The number of para-hydroxylation sites is 2. The number of hydrogen-bond acceptors (Lipinski definition) is 4. The maximum absolute atomic E-state index is 4.70. The number of rotatable bonds is 1. The highest BCUT2D eigenvalue weighted by atomic mass is 15.3. The van der Waals surface area contributed by atoms with Crippen LogP contribution in [0.5, 0.6) is 0 Å². The highest BCUT2D eigenvalue weighted by Gasteiger charge is 2.22. The van der Waals surface area contributed by atoms with Crippen molar-refractivity contribution in [2.75, 3.05) is 18.0 Å². The molecule has 2 heterocycles. The van der Waals surface area contributed by atoms with Crippen LogP contribution < -0.4 is 10.2 Å². The van der Waals surface area contributed by atoms with Gasteiger partial charge < -0.3 is 10.2 Å². The fourth-order valence-electron chi connectivity index (χ4n) is 2.61. The first kappa shape index (κ1) is 11.4. The molecular formula is C14H18N4. The number of fused-ring (bicyclic) bond motifs is 1. The lowest BCUT2D eigenvalue weighted by molar-refractivity contribution is 0.405. The van der Waals surface area contributed by atoms with Gasteiger partial charge in [0.1, 0.15) is 5.82 Å². The summed E-state index contributed by atoms with van der Waals surface area (Å²) in [6, 6.07) is 8.98. The van der Waals surface area contributed by atoms with Crippen molar-refractivity contribution < 1.29 is 0 Å². The largest absolute Gasteiger partial charge is 0.352 e. The van der Waals surface area contributed by atoms with Crippen molar-refractivity contribution in [2.24, 2.45) is 0 Å². The smallest absolute Gasteiger partial charge is 0.147 e. The Labute approximate surface area is 107 Å². The van der Waals surface area contributed by atoms with Crippen molar-refractivity contribution in [1.29, 1.82) is 0 Å². The van der Waals surface area contributed by atoms with Crippen LogP contribution in [0.1, 0.15) is 13.8 Å². The second-order valence-electron chi connectivity index (χ2n) is 5.09. The van der Waals surface area contributed by atoms with Crippen LogP contribution in [0, 0.1) is 0 Å². The van der Waals surface area contributed by atoms with Crippen LogP contribution in [-0.4, -0.2) is 35.1 Å². The lowest BCUT2D eigenvalue weighted by Gasteiger charge is -2.36. The number of hydrogen-bond donors (Lipinski definition) is 1. The van der Waals surface area contributed by atoms with E-state index in [0.717, 1.165) is 29.9 Å². The van der Waals surface area contributed by atoms with Crippen molar-refractivity contribution in [3.8, 4) is 0 Å². The summed E-state index contributed by atoms with van der Waals surface area (Å²) in [7, 11) is 0. The molecule has 4 heteroatoms. The number of nitrogens with zero attached hydrogens (tertiary/aromatic N) is 3. The van der Waals surface area contributed by atoms with Gasteiger partial charge in [0.2, 0.25) is 0 Å². The molecule has 1 aliphatic rings. The van der Waals surface area contributed by atoms with E-state index in [1.807, 2.05) is 30.5 Å². The zero-order chi connectivity index (χ0) is 12.5. The van der Waals surface area contributed by atoms with E-state index >= 15 is 0 Å². The molecule has 2 unspecified atom stereocenters. The van der Waals surface area contributed by atoms with Crippen LogP contribution in [0.15, 0.2) is 30.5 Å². The summed E-state index contributed by atoms with van der Waals surface area (Å²) in [5, 5.41) is 3.53. The Kier molecular flexibility index (Phi) is 2.88. The summed E-state index contributed by atoms with van der Waals surface area (Å²) >= 11 is 0. The van der Waals surface area contributed by atoms with E-state index in [0.29, 0.717) is 12.1 Å². The molecule has 0 amide bonds. The summed E-state index contributed by atoms with van der Waals surface area (Å²) in [4.78, 5) is 11.5. The van der Waals surface area contributed by atoms with Gasteiger partial charge >= 0.3 is 0 Å². The van der Waals surface area contributed by atoms with Gasteiger partial charge in [0.15, 0.2) is 0 Å². The Morgan fingerprint density at radius 2 is 1.78 bits per heavy atom. The predicted octanol–water partition coefficient (Wildman–Crippen LogP) is 1.82. The first-order chi connectivity index (χ1) is 8.72. The molecule has 1 saturated heterocycles. The van der Waals surface area contributed by atoms with Crippen LogP contribution in [-0.2, 0) is 0 Å². The molecule has 0 spiro atoms. The zero-order valence-corrected chi connectivity index (χ0v) is 10.8. The molecule has 2 aromatic rings. The minimum absolute atomic E-state index is 0.488. The molecule has 1 fully saturated rings. The van der Waals surface area contributed by atoms with E-state index in [1.54, 1.807) is 0 Å². The molecule has 3 rings (SSSR count). The lowest BCUT2D eigenvalue weighted by Crippen LogP contribution is -2.54. The minimum atomic E-state index is 0.488. The molecule has 1 aromatic carbocycles. The van der Waals surface area contributed by atoms with E-state index in [1.165, 1.54) is 0 Å². The third-order valence-electron chi connectivity index (χ3n) is 3.32. The molecule has 2 atom stereocenters. The number of piperazine rings is 1. The van der Waals surface area contributed by atoms with Crippen molar-refractivity contribution >= 4 is 16.9 Å².